The molecule has 4 nitrogen and oxygen atoms in total. The van der Waals surface area contributed by atoms with E-state index in [9.17, 15) is 10.0 Å². The van der Waals surface area contributed by atoms with E-state index in [1.54, 1.807) is 18.3 Å². The Morgan fingerprint density at radius 2 is 1.36 bits per heavy atom. The molecule has 108 valence electrons. The first-order chi connectivity index (χ1) is 10.8. The quantitative estimate of drug-likeness (QED) is 0.723. The summed E-state index contributed by atoms with van der Waals surface area (Å²) in [7, 11) is -1.46. The highest BCUT2D eigenvalue weighted by molar-refractivity contribution is 6.58. The second kappa shape index (κ2) is 6.43. The van der Waals surface area contributed by atoms with E-state index >= 15 is 0 Å². The lowest BCUT2D eigenvalue weighted by molar-refractivity contribution is 0.426. The topological polar surface area (TPSA) is 56.6 Å². The van der Waals surface area contributed by atoms with Crippen LogP contribution in [0.4, 0.5) is 17.2 Å². The fourth-order valence-corrected chi connectivity index (χ4v) is 2.27. The molecule has 0 spiro atoms. The van der Waals surface area contributed by atoms with Gasteiger partial charge >= 0.3 is 7.12 Å². The molecule has 0 saturated carbocycles. The van der Waals surface area contributed by atoms with Gasteiger partial charge < -0.3 is 10.0 Å². The molecule has 2 N–H and O–H groups in total. The van der Waals surface area contributed by atoms with E-state index in [2.05, 4.69) is 4.98 Å². The van der Waals surface area contributed by atoms with Crippen LogP contribution >= 0.6 is 0 Å². The Morgan fingerprint density at radius 1 is 0.727 bits per heavy atom. The normalized spacial score (nSPS) is 10.3. The van der Waals surface area contributed by atoms with Gasteiger partial charge in [-0.15, -0.1) is 0 Å². The molecule has 0 amide bonds. The summed E-state index contributed by atoms with van der Waals surface area (Å²) in [4.78, 5) is 6.42. The first-order valence-corrected chi connectivity index (χ1v) is 6.98. The van der Waals surface area contributed by atoms with Crippen molar-refractivity contribution in [2.24, 2.45) is 0 Å². The van der Waals surface area contributed by atoms with Gasteiger partial charge in [0, 0.05) is 17.6 Å². The smallest absolute Gasteiger partial charge is 0.423 e. The number of para-hydroxylation sites is 1. The van der Waals surface area contributed by atoms with E-state index in [0.29, 0.717) is 5.46 Å². The van der Waals surface area contributed by atoms with E-state index in [1.807, 2.05) is 65.6 Å². The van der Waals surface area contributed by atoms with Crippen LogP contribution in [0.2, 0.25) is 0 Å². The summed E-state index contributed by atoms with van der Waals surface area (Å²) in [5.41, 5.74) is 2.34. The van der Waals surface area contributed by atoms with Gasteiger partial charge in [0.2, 0.25) is 0 Å². The van der Waals surface area contributed by atoms with Gasteiger partial charge in [-0.1, -0.05) is 36.4 Å². The molecule has 0 saturated heterocycles. The van der Waals surface area contributed by atoms with Crippen LogP contribution in [0, 0.1) is 0 Å². The molecular weight excluding hydrogens is 275 g/mol. The van der Waals surface area contributed by atoms with Crippen LogP contribution in [0.3, 0.4) is 0 Å². The summed E-state index contributed by atoms with van der Waals surface area (Å²) in [6.07, 6.45) is 1.75. The fourth-order valence-electron chi connectivity index (χ4n) is 2.27. The lowest BCUT2D eigenvalue weighted by Gasteiger charge is -2.24. The monoisotopic (exact) mass is 290 g/mol. The maximum Gasteiger partial charge on any atom is 0.488 e. The van der Waals surface area contributed by atoms with Crippen molar-refractivity contribution < 1.29 is 10.0 Å². The zero-order valence-electron chi connectivity index (χ0n) is 11.9. The van der Waals surface area contributed by atoms with Gasteiger partial charge in [0.25, 0.3) is 0 Å². The lowest BCUT2D eigenvalue weighted by atomic mass is 9.80. The number of benzene rings is 2. The Morgan fingerprint density at radius 3 is 1.95 bits per heavy atom. The summed E-state index contributed by atoms with van der Waals surface area (Å²) in [6.45, 7) is 0. The minimum Gasteiger partial charge on any atom is -0.423 e. The Bertz CT molecular complexity index is 679. The summed E-state index contributed by atoms with van der Waals surface area (Å²) in [5.74, 6) is 0.797. The molecule has 0 unspecified atom stereocenters. The standard InChI is InChI=1S/C17H15BN2O2/c21-18(22)14-9-11-16(12-10-14)20(15-6-2-1-3-7-15)17-8-4-5-13-19-17/h1-13,21-22H. The molecule has 5 heteroatoms. The van der Waals surface area contributed by atoms with Crippen molar-refractivity contribution in [3.8, 4) is 0 Å². The SMILES string of the molecule is OB(O)c1ccc(N(c2ccccc2)c2ccccn2)cc1. The van der Waals surface area contributed by atoms with Crippen LogP contribution in [-0.2, 0) is 0 Å². The molecule has 0 fully saturated rings. The maximum atomic E-state index is 9.22. The largest absolute Gasteiger partial charge is 0.488 e. The Hall–Kier alpha value is -2.63. The maximum absolute atomic E-state index is 9.22. The molecule has 0 aliphatic rings. The van der Waals surface area contributed by atoms with Gasteiger partial charge in [-0.2, -0.15) is 0 Å². The van der Waals surface area contributed by atoms with Crippen LogP contribution < -0.4 is 10.4 Å². The molecule has 3 aromatic rings. The average molecular weight is 290 g/mol. The summed E-state index contributed by atoms with van der Waals surface area (Å²) < 4.78 is 0. The molecule has 0 aliphatic carbocycles. The average Bonchev–Trinajstić information content (AvgIpc) is 2.57. The molecule has 0 radical (unpaired) electrons. The van der Waals surface area contributed by atoms with Crippen molar-refractivity contribution in [1.29, 1.82) is 0 Å². The number of nitrogens with zero attached hydrogens (tertiary/aromatic N) is 2. The molecule has 22 heavy (non-hydrogen) atoms. The number of hydrogen-bond acceptors (Lipinski definition) is 4. The highest BCUT2D eigenvalue weighted by Gasteiger charge is 2.15. The Balaban J connectivity index is 2.06. The Kier molecular flexibility index (Phi) is 4.18. The zero-order chi connectivity index (χ0) is 15.4. The first-order valence-electron chi connectivity index (χ1n) is 6.98. The minimum atomic E-state index is -1.46. The van der Waals surface area contributed by atoms with Crippen molar-refractivity contribution in [1.82, 2.24) is 4.98 Å². The number of hydrogen-bond donors (Lipinski definition) is 2. The highest BCUT2D eigenvalue weighted by Crippen LogP contribution is 2.31. The second-order valence-corrected chi connectivity index (χ2v) is 4.82. The van der Waals surface area contributed by atoms with Crippen molar-refractivity contribution in [2.45, 2.75) is 0 Å². The number of rotatable bonds is 4. The minimum absolute atomic E-state index is 0.456. The molecule has 0 bridgehead atoms. The molecular formula is C17H15BN2O2. The van der Waals surface area contributed by atoms with Gasteiger partial charge in [-0.25, -0.2) is 4.98 Å². The first kappa shape index (κ1) is 14.3. The summed E-state index contributed by atoms with van der Waals surface area (Å²) in [5, 5.41) is 18.4. The predicted molar refractivity (Wildman–Crippen MR) is 88.7 cm³/mol. The van der Waals surface area contributed by atoms with Crippen LogP contribution in [0.5, 0.6) is 0 Å². The van der Waals surface area contributed by atoms with Crippen molar-refractivity contribution in [2.75, 3.05) is 4.90 Å². The van der Waals surface area contributed by atoms with Crippen molar-refractivity contribution >= 4 is 29.8 Å². The highest BCUT2D eigenvalue weighted by atomic mass is 16.4. The molecule has 1 aromatic heterocycles. The third kappa shape index (κ3) is 3.00. The second-order valence-electron chi connectivity index (χ2n) is 4.82. The molecule has 2 aromatic carbocycles. The van der Waals surface area contributed by atoms with Crippen LogP contribution in [0.15, 0.2) is 79.0 Å². The number of aromatic nitrogens is 1. The third-order valence-corrected chi connectivity index (χ3v) is 3.34. The van der Waals surface area contributed by atoms with Crippen molar-refractivity contribution in [3.05, 3.63) is 79.0 Å². The fraction of sp³-hybridized carbons (Fsp3) is 0. The Labute approximate surface area is 129 Å². The van der Waals surface area contributed by atoms with Crippen LogP contribution in [0.25, 0.3) is 0 Å². The van der Waals surface area contributed by atoms with Gasteiger partial charge in [0.15, 0.2) is 0 Å². The van der Waals surface area contributed by atoms with E-state index in [4.69, 9.17) is 0 Å². The van der Waals surface area contributed by atoms with E-state index < -0.39 is 7.12 Å². The number of anilines is 3. The van der Waals surface area contributed by atoms with E-state index in [1.165, 1.54) is 0 Å². The molecule has 0 atom stereocenters. The molecule has 3 rings (SSSR count). The zero-order valence-corrected chi connectivity index (χ0v) is 11.9. The summed E-state index contributed by atoms with van der Waals surface area (Å²) >= 11 is 0. The van der Waals surface area contributed by atoms with Crippen LogP contribution in [-0.4, -0.2) is 22.2 Å². The third-order valence-electron chi connectivity index (χ3n) is 3.34. The summed E-state index contributed by atoms with van der Waals surface area (Å²) in [6, 6.07) is 22.7. The lowest BCUT2D eigenvalue weighted by Crippen LogP contribution is -2.29. The van der Waals surface area contributed by atoms with Crippen molar-refractivity contribution in [3.63, 3.8) is 0 Å². The van der Waals surface area contributed by atoms with Gasteiger partial charge in [-0.3, -0.25) is 4.90 Å². The van der Waals surface area contributed by atoms with E-state index in [-0.39, 0.29) is 0 Å². The molecule has 1 heterocycles. The van der Waals surface area contributed by atoms with Crippen LogP contribution in [0.1, 0.15) is 0 Å². The van der Waals surface area contributed by atoms with Gasteiger partial charge in [0.05, 0.1) is 0 Å². The molecule has 0 aliphatic heterocycles. The predicted octanol–water partition coefficient (Wildman–Crippen LogP) is 2.23. The van der Waals surface area contributed by atoms with Gasteiger partial charge in [-0.05, 0) is 41.9 Å². The van der Waals surface area contributed by atoms with Gasteiger partial charge in [0.1, 0.15) is 5.82 Å². The number of pyridine rings is 1. The van der Waals surface area contributed by atoms with E-state index in [0.717, 1.165) is 17.2 Å².